The van der Waals surface area contributed by atoms with E-state index in [9.17, 15) is 0 Å². The molecule has 0 N–H and O–H groups in total. The average molecular weight is 259 g/mol. The minimum absolute atomic E-state index is 1.03. The predicted molar refractivity (Wildman–Crippen MR) is 69.8 cm³/mol. The van der Waals surface area contributed by atoms with Crippen LogP contribution in [0.25, 0.3) is 0 Å². The van der Waals surface area contributed by atoms with Gasteiger partial charge in [-0.25, -0.2) is 0 Å². The Kier molecular flexibility index (Phi) is 12.2. The van der Waals surface area contributed by atoms with Crippen LogP contribution in [0.1, 0.15) is 44.9 Å². The Morgan fingerprint density at radius 2 is 1.23 bits per heavy atom. The van der Waals surface area contributed by atoms with Gasteiger partial charge < -0.3 is 0 Å². The van der Waals surface area contributed by atoms with Crippen LogP contribution in [0.3, 0.4) is 0 Å². The van der Waals surface area contributed by atoms with E-state index in [4.69, 9.17) is 22.2 Å². The monoisotopic (exact) mass is 258 g/mol. The molecule has 0 spiro atoms. The van der Waals surface area contributed by atoms with Crippen LogP contribution in [0.15, 0.2) is 0 Å². The van der Waals surface area contributed by atoms with Crippen molar-refractivity contribution >= 4 is 42.2 Å². The second kappa shape index (κ2) is 11.2. The van der Waals surface area contributed by atoms with Gasteiger partial charge in [-0.05, 0) is 18.2 Å². The van der Waals surface area contributed by atoms with E-state index in [1.807, 2.05) is 0 Å². The first-order valence-corrected chi connectivity index (χ1v) is 10.1. The molecule has 0 aromatic heterocycles. The first-order chi connectivity index (χ1) is 6.27. The first-order valence-electron chi connectivity index (χ1n) is 5.16. The number of rotatable bonds is 9. The zero-order chi connectivity index (χ0) is 9.94. The summed E-state index contributed by atoms with van der Waals surface area (Å²) in [6, 6.07) is 1.08. The van der Waals surface area contributed by atoms with Crippen LogP contribution >= 0.6 is 34.8 Å². The third-order valence-electron chi connectivity index (χ3n) is 2.08. The van der Waals surface area contributed by atoms with Crippen molar-refractivity contribution in [3.8, 4) is 0 Å². The van der Waals surface area contributed by atoms with Crippen LogP contribution in [-0.4, -0.2) is 13.2 Å². The molecule has 0 bridgehead atoms. The largest absolute Gasteiger partial charge is 0.237 e. The summed E-state index contributed by atoms with van der Waals surface area (Å²) in [5.74, 6) is 1.03. The van der Waals surface area contributed by atoms with Gasteiger partial charge in [0.05, 0.1) is 0 Å². The molecule has 0 aliphatic heterocycles. The van der Waals surface area contributed by atoms with Crippen LogP contribution in [0.2, 0.25) is 6.04 Å². The van der Waals surface area contributed by atoms with Gasteiger partial charge in [0.15, 0.2) is 0 Å². The summed E-state index contributed by atoms with van der Waals surface area (Å²) in [7, 11) is -1.31. The topological polar surface area (TPSA) is 0 Å². The second-order valence-electron chi connectivity index (χ2n) is 3.38. The number of unbranched alkanes of at least 4 members (excludes halogenated alkanes) is 6. The third kappa shape index (κ3) is 13.1. The smallest absolute Gasteiger partial charge is 0.179 e. The average Bonchev–Trinajstić information content (AvgIpc) is 2.09. The fraction of sp³-hybridized carbons (Fsp3) is 1.00. The normalized spacial score (nSPS) is 11.1. The lowest BCUT2D eigenvalue weighted by atomic mass is 10.1. The third-order valence-corrected chi connectivity index (χ3v) is 4.55. The predicted octanol–water partition coefficient (Wildman–Crippen LogP) is 4.35. The Balaban J connectivity index is 2.84. The molecule has 0 aliphatic carbocycles. The molecule has 0 fully saturated rings. The quantitative estimate of drug-likeness (QED) is 0.271. The fourth-order valence-electron chi connectivity index (χ4n) is 1.29. The van der Waals surface area contributed by atoms with Crippen LogP contribution in [0.4, 0.5) is 0 Å². The van der Waals surface area contributed by atoms with E-state index < -0.39 is 7.42 Å². The van der Waals surface area contributed by atoms with Crippen LogP contribution < -0.4 is 0 Å². The molecule has 0 saturated carbocycles. The van der Waals surface area contributed by atoms with Gasteiger partial charge in [-0.15, -0.1) is 0 Å². The molecule has 0 unspecified atom stereocenters. The van der Waals surface area contributed by atoms with Crippen molar-refractivity contribution in [3.05, 3.63) is 0 Å². The SMILES string of the molecule is SCCCCCCCCC[SiH](Cl)Cl. The van der Waals surface area contributed by atoms with Crippen molar-refractivity contribution in [1.29, 1.82) is 0 Å². The molecule has 0 saturated heterocycles. The molecule has 0 atom stereocenters. The highest BCUT2D eigenvalue weighted by atomic mass is 35.7. The molecule has 0 aromatic rings. The van der Waals surface area contributed by atoms with Gasteiger partial charge in [0.2, 0.25) is 7.42 Å². The van der Waals surface area contributed by atoms with Crippen molar-refractivity contribution in [1.82, 2.24) is 0 Å². The van der Waals surface area contributed by atoms with E-state index in [2.05, 4.69) is 12.6 Å². The summed E-state index contributed by atoms with van der Waals surface area (Å²) in [6.07, 6.45) is 9.23. The highest BCUT2D eigenvalue weighted by molar-refractivity contribution is 7.80. The van der Waals surface area contributed by atoms with E-state index in [0.717, 1.165) is 11.8 Å². The first kappa shape index (κ1) is 14.1. The summed E-state index contributed by atoms with van der Waals surface area (Å²) in [6.45, 7) is 0. The Bertz CT molecular complexity index is 102. The highest BCUT2D eigenvalue weighted by Crippen LogP contribution is 2.12. The lowest BCUT2D eigenvalue weighted by Crippen LogP contribution is -1.91. The molecular weight excluding hydrogens is 239 g/mol. The van der Waals surface area contributed by atoms with Gasteiger partial charge in [0.25, 0.3) is 0 Å². The molecule has 80 valence electrons. The summed E-state index contributed by atoms with van der Waals surface area (Å²) in [5, 5.41) is 0. The fourth-order valence-corrected chi connectivity index (χ4v) is 3.04. The van der Waals surface area contributed by atoms with Gasteiger partial charge in [-0.3, -0.25) is 0 Å². The van der Waals surface area contributed by atoms with Gasteiger partial charge in [0.1, 0.15) is 0 Å². The van der Waals surface area contributed by atoms with Gasteiger partial charge in [-0.2, -0.15) is 34.8 Å². The number of hydrogen-bond donors (Lipinski definition) is 1. The van der Waals surface area contributed by atoms with Crippen molar-refractivity contribution in [2.45, 2.75) is 51.0 Å². The maximum absolute atomic E-state index is 5.75. The van der Waals surface area contributed by atoms with Gasteiger partial charge in [-0.1, -0.05) is 38.5 Å². The van der Waals surface area contributed by atoms with Gasteiger partial charge >= 0.3 is 0 Å². The lowest BCUT2D eigenvalue weighted by molar-refractivity contribution is 0.603. The Morgan fingerprint density at radius 3 is 1.69 bits per heavy atom. The van der Waals surface area contributed by atoms with E-state index in [-0.39, 0.29) is 0 Å². The van der Waals surface area contributed by atoms with E-state index >= 15 is 0 Å². The molecule has 0 radical (unpaired) electrons. The molecule has 0 nitrogen and oxygen atoms in total. The standard InChI is InChI=1S/C9H20Cl2SSi/c10-13(11)9-7-5-3-1-2-4-6-8-12/h12-13H,1-9H2. The van der Waals surface area contributed by atoms with E-state index in [0.29, 0.717) is 0 Å². The van der Waals surface area contributed by atoms with Crippen molar-refractivity contribution in [2.24, 2.45) is 0 Å². The molecule has 4 heteroatoms. The summed E-state index contributed by atoms with van der Waals surface area (Å²) in [4.78, 5) is 0. The summed E-state index contributed by atoms with van der Waals surface area (Å²) < 4.78 is 0. The maximum Gasteiger partial charge on any atom is 0.237 e. The second-order valence-corrected chi connectivity index (χ2v) is 9.02. The van der Waals surface area contributed by atoms with E-state index in [1.165, 1.54) is 44.9 Å². The Morgan fingerprint density at radius 1 is 0.769 bits per heavy atom. The number of halogens is 2. The number of hydrogen-bond acceptors (Lipinski definition) is 1. The van der Waals surface area contributed by atoms with Crippen molar-refractivity contribution in [2.75, 3.05) is 5.75 Å². The van der Waals surface area contributed by atoms with E-state index in [1.54, 1.807) is 0 Å². The Labute approximate surface area is 98.8 Å². The summed E-state index contributed by atoms with van der Waals surface area (Å²) >= 11 is 15.7. The van der Waals surface area contributed by atoms with Crippen LogP contribution in [-0.2, 0) is 0 Å². The summed E-state index contributed by atoms with van der Waals surface area (Å²) in [5.41, 5.74) is 0. The molecule has 0 aromatic carbocycles. The maximum atomic E-state index is 5.75. The molecule has 13 heavy (non-hydrogen) atoms. The lowest BCUT2D eigenvalue weighted by Gasteiger charge is -2.01. The van der Waals surface area contributed by atoms with Gasteiger partial charge in [0, 0.05) is 0 Å². The van der Waals surface area contributed by atoms with Crippen LogP contribution in [0, 0.1) is 0 Å². The minimum atomic E-state index is -1.31. The molecule has 0 amide bonds. The molecule has 0 aliphatic rings. The molecule has 0 rings (SSSR count). The van der Waals surface area contributed by atoms with Crippen molar-refractivity contribution < 1.29 is 0 Å². The number of thiol groups is 1. The highest BCUT2D eigenvalue weighted by Gasteiger charge is 2.00. The van der Waals surface area contributed by atoms with Crippen LogP contribution in [0.5, 0.6) is 0 Å². The minimum Gasteiger partial charge on any atom is -0.179 e. The molecular formula is C9H20Cl2SSi. The zero-order valence-electron chi connectivity index (χ0n) is 8.14. The molecule has 0 heterocycles. The van der Waals surface area contributed by atoms with Crippen molar-refractivity contribution in [3.63, 3.8) is 0 Å². The zero-order valence-corrected chi connectivity index (χ0v) is 11.7. The Hall–Kier alpha value is 1.15.